The molecular formula is C29H29NO5S. The summed E-state index contributed by atoms with van der Waals surface area (Å²) in [6.07, 6.45) is 3.33. The maximum atomic E-state index is 14.1. The minimum absolute atomic E-state index is 0.0319. The van der Waals surface area contributed by atoms with Gasteiger partial charge in [0.25, 0.3) is 0 Å². The van der Waals surface area contributed by atoms with E-state index in [9.17, 15) is 14.7 Å². The monoisotopic (exact) mass is 503 g/mol. The van der Waals surface area contributed by atoms with Crippen LogP contribution in [0.15, 0.2) is 95.9 Å². The number of likely N-dealkylation sites (tertiary alicyclic amines) is 1. The molecule has 1 amide bonds. The minimum atomic E-state index is -1.05. The first-order chi connectivity index (χ1) is 17.4. The summed E-state index contributed by atoms with van der Waals surface area (Å²) in [5.41, 5.74) is 1.80. The van der Waals surface area contributed by atoms with Gasteiger partial charge in [-0.1, -0.05) is 55.5 Å². The third kappa shape index (κ3) is 4.84. The van der Waals surface area contributed by atoms with Gasteiger partial charge in [-0.2, -0.15) is 0 Å². The SMILES string of the molecule is CCC1(Sc2ccccc2)C(=O)N(C(c2ccc(OC)cc2)c2ccc(OC)cc2)C1C=CC(=O)O. The van der Waals surface area contributed by atoms with Crippen molar-refractivity contribution < 1.29 is 24.2 Å². The number of carbonyl (C=O) groups is 2. The van der Waals surface area contributed by atoms with Crippen molar-refractivity contribution in [3.63, 3.8) is 0 Å². The molecule has 0 spiro atoms. The number of ether oxygens (including phenoxy) is 2. The molecule has 1 heterocycles. The molecule has 186 valence electrons. The molecule has 1 N–H and O–H groups in total. The number of hydrogen-bond acceptors (Lipinski definition) is 5. The molecule has 2 atom stereocenters. The van der Waals surface area contributed by atoms with Crippen LogP contribution in [0.1, 0.15) is 30.5 Å². The van der Waals surface area contributed by atoms with E-state index in [0.29, 0.717) is 17.9 Å². The lowest BCUT2D eigenvalue weighted by molar-refractivity contribution is -0.152. The smallest absolute Gasteiger partial charge is 0.328 e. The normalized spacial score (nSPS) is 19.4. The first-order valence-corrected chi connectivity index (χ1v) is 12.5. The number of benzene rings is 3. The Morgan fingerprint density at radius 1 is 0.972 bits per heavy atom. The molecule has 3 aromatic carbocycles. The second-order valence-electron chi connectivity index (χ2n) is 8.46. The van der Waals surface area contributed by atoms with Gasteiger partial charge < -0.3 is 19.5 Å². The minimum Gasteiger partial charge on any atom is -0.497 e. The van der Waals surface area contributed by atoms with Crippen molar-refractivity contribution in [2.45, 2.75) is 35.1 Å². The fourth-order valence-electron chi connectivity index (χ4n) is 4.65. The zero-order valence-corrected chi connectivity index (χ0v) is 21.3. The van der Waals surface area contributed by atoms with Crippen molar-refractivity contribution >= 4 is 23.6 Å². The number of rotatable bonds is 10. The van der Waals surface area contributed by atoms with Gasteiger partial charge >= 0.3 is 5.97 Å². The van der Waals surface area contributed by atoms with E-state index in [1.807, 2.05) is 85.8 Å². The lowest BCUT2D eigenvalue weighted by Crippen LogP contribution is -2.71. The maximum Gasteiger partial charge on any atom is 0.328 e. The van der Waals surface area contributed by atoms with Crippen molar-refractivity contribution in [3.05, 3.63) is 102 Å². The van der Waals surface area contributed by atoms with Gasteiger partial charge in [0.2, 0.25) is 5.91 Å². The van der Waals surface area contributed by atoms with Gasteiger partial charge in [-0.25, -0.2) is 4.79 Å². The molecule has 2 unspecified atom stereocenters. The Bertz CT molecular complexity index is 1180. The lowest BCUT2D eigenvalue weighted by atomic mass is 9.79. The summed E-state index contributed by atoms with van der Waals surface area (Å²) in [7, 11) is 3.22. The molecule has 1 fully saturated rings. The average Bonchev–Trinajstić information content (AvgIpc) is 2.92. The second-order valence-corrected chi connectivity index (χ2v) is 9.87. The summed E-state index contributed by atoms with van der Waals surface area (Å²) in [6.45, 7) is 1.97. The molecule has 0 aromatic heterocycles. The third-order valence-electron chi connectivity index (χ3n) is 6.50. The highest BCUT2D eigenvalue weighted by molar-refractivity contribution is 8.01. The van der Waals surface area contributed by atoms with E-state index in [1.54, 1.807) is 25.2 Å². The van der Waals surface area contributed by atoms with Crippen molar-refractivity contribution in [2.75, 3.05) is 14.2 Å². The predicted molar refractivity (Wildman–Crippen MR) is 141 cm³/mol. The molecule has 1 aliphatic heterocycles. The van der Waals surface area contributed by atoms with Crippen LogP contribution in [0.4, 0.5) is 0 Å². The number of aliphatic carboxylic acids is 1. The molecule has 1 saturated heterocycles. The summed E-state index contributed by atoms with van der Waals surface area (Å²) >= 11 is 1.49. The van der Waals surface area contributed by atoms with Crippen LogP contribution >= 0.6 is 11.8 Å². The molecule has 1 aliphatic rings. The van der Waals surface area contributed by atoms with Gasteiger partial charge in [0.15, 0.2) is 0 Å². The van der Waals surface area contributed by atoms with Gasteiger partial charge in [-0.05, 0) is 53.9 Å². The van der Waals surface area contributed by atoms with Crippen LogP contribution in [-0.2, 0) is 9.59 Å². The van der Waals surface area contributed by atoms with Crippen molar-refractivity contribution in [1.82, 2.24) is 4.90 Å². The zero-order valence-electron chi connectivity index (χ0n) is 20.5. The Labute approximate surface area is 215 Å². The van der Waals surface area contributed by atoms with Crippen LogP contribution in [-0.4, -0.2) is 46.9 Å². The number of methoxy groups -OCH3 is 2. The van der Waals surface area contributed by atoms with Gasteiger partial charge in [-0.3, -0.25) is 4.79 Å². The Balaban J connectivity index is 1.81. The molecule has 0 bridgehead atoms. The summed E-state index contributed by atoms with van der Waals surface area (Å²) in [5.74, 6) is 0.351. The van der Waals surface area contributed by atoms with Crippen LogP contribution in [0.5, 0.6) is 11.5 Å². The zero-order chi connectivity index (χ0) is 25.7. The number of carbonyl (C=O) groups excluding carboxylic acids is 1. The van der Waals surface area contributed by atoms with Gasteiger partial charge in [-0.15, -0.1) is 11.8 Å². The highest BCUT2D eigenvalue weighted by Crippen LogP contribution is 2.53. The van der Waals surface area contributed by atoms with Gasteiger partial charge in [0.05, 0.1) is 26.3 Å². The standard InChI is InChI=1S/C29H29NO5S/c1-4-29(36-24-8-6-5-7-9-24)25(18-19-26(31)32)30(28(29)33)27(20-10-14-22(34-2)15-11-20)21-12-16-23(35-3)17-13-21/h5-19,25,27H,4H2,1-3H3,(H,31,32). The van der Waals surface area contributed by atoms with E-state index < -0.39 is 22.8 Å². The van der Waals surface area contributed by atoms with E-state index in [1.165, 1.54) is 11.8 Å². The van der Waals surface area contributed by atoms with Crippen LogP contribution in [0.3, 0.4) is 0 Å². The summed E-state index contributed by atoms with van der Waals surface area (Å²) < 4.78 is 9.85. The average molecular weight is 504 g/mol. The number of amides is 1. The molecule has 3 aromatic rings. The molecule has 0 radical (unpaired) electrons. The third-order valence-corrected chi connectivity index (χ3v) is 8.08. The lowest BCUT2D eigenvalue weighted by Gasteiger charge is -2.57. The van der Waals surface area contributed by atoms with Crippen molar-refractivity contribution in [1.29, 1.82) is 0 Å². The number of carboxylic acid groups (broad SMARTS) is 1. The quantitative estimate of drug-likeness (QED) is 0.287. The Kier molecular flexibility index (Phi) is 7.70. The fraction of sp³-hybridized carbons (Fsp3) is 0.241. The first-order valence-electron chi connectivity index (χ1n) is 11.7. The predicted octanol–water partition coefficient (Wildman–Crippen LogP) is 5.59. The van der Waals surface area contributed by atoms with Crippen LogP contribution in [0.25, 0.3) is 0 Å². The van der Waals surface area contributed by atoms with Gasteiger partial charge in [0.1, 0.15) is 16.2 Å². The Morgan fingerprint density at radius 3 is 1.94 bits per heavy atom. The maximum absolute atomic E-state index is 14.1. The molecule has 6 nitrogen and oxygen atoms in total. The molecule has 0 saturated carbocycles. The largest absolute Gasteiger partial charge is 0.497 e. The number of thioether (sulfide) groups is 1. The molecule has 0 aliphatic carbocycles. The van der Waals surface area contributed by atoms with E-state index in [-0.39, 0.29) is 5.91 Å². The van der Waals surface area contributed by atoms with Gasteiger partial charge in [0, 0.05) is 11.0 Å². The molecule has 4 rings (SSSR count). The van der Waals surface area contributed by atoms with Crippen LogP contribution in [0.2, 0.25) is 0 Å². The molecule has 36 heavy (non-hydrogen) atoms. The number of β-lactam (4-membered cyclic amide) rings is 1. The number of hydrogen-bond donors (Lipinski definition) is 1. The summed E-state index contributed by atoms with van der Waals surface area (Å²) in [5, 5.41) is 9.43. The van der Waals surface area contributed by atoms with Crippen LogP contribution < -0.4 is 9.47 Å². The second kappa shape index (κ2) is 10.9. The number of nitrogens with zero attached hydrogens (tertiary/aromatic N) is 1. The topological polar surface area (TPSA) is 76.1 Å². The Hall–Kier alpha value is -3.71. The number of carboxylic acids is 1. The van der Waals surface area contributed by atoms with Crippen molar-refractivity contribution in [2.24, 2.45) is 0 Å². The highest BCUT2D eigenvalue weighted by atomic mass is 32.2. The van der Waals surface area contributed by atoms with E-state index in [4.69, 9.17) is 9.47 Å². The van der Waals surface area contributed by atoms with E-state index >= 15 is 0 Å². The van der Waals surface area contributed by atoms with Crippen molar-refractivity contribution in [3.8, 4) is 11.5 Å². The Morgan fingerprint density at radius 2 is 1.50 bits per heavy atom. The molecule has 7 heteroatoms. The first kappa shape index (κ1) is 25.4. The van der Waals surface area contributed by atoms with E-state index in [2.05, 4.69) is 0 Å². The summed E-state index contributed by atoms with van der Waals surface area (Å²) in [6, 6.07) is 24.1. The molecular weight excluding hydrogens is 474 g/mol. The summed E-state index contributed by atoms with van der Waals surface area (Å²) in [4.78, 5) is 28.4. The van der Waals surface area contributed by atoms with Crippen LogP contribution in [0, 0.1) is 0 Å². The highest BCUT2D eigenvalue weighted by Gasteiger charge is 2.61. The van der Waals surface area contributed by atoms with E-state index in [0.717, 1.165) is 22.1 Å². The fourth-order valence-corrected chi connectivity index (χ4v) is 6.01.